The fourth-order valence-corrected chi connectivity index (χ4v) is 2.62. The van der Waals surface area contributed by atoms with Gasteiger partial charge in [0.15, 0.2) is 0 Å². The molecule has 0 radical (unpaired) electrons. The molecular weight excluding hydrogens is 200 g/mol. The standard InChI is InChI=1S/C9H12N2O2S/c1-6-8(14(10,12)13)3-2-7-4-5-11-9(6)7/h2-3,11H,4-5H2,1H3,(H2,10,12,13). The lowest BCUT2D eigenvalue weighted by Gasteiger charge is -2.08. The Balaban J connectivity index is 2.68. The number of hydrogen-bond donors (Lipinski definition) is 2. The molecule has 0 fully saturated rings. The fourth-order valence-electron chi connectivity index (χ4n) is 1.83. The highest BCUT2D eigenvalue weighted by Gasteiger charge is 2.19. The first-order chi connectivity index (χ1) is 6.50. The van der Waals surface area contributed by atoms with Gasteiger partial charge in [-0.25, -0.2) is 13.6 Å². The molecular formula is C9H12N2O2S. The predicted octanol–water partition coefficient (Wildman–Crippen LogP) is 0.610. The van der Waals surface area contributed by atoms with Crippen molar-refractivity contribution < 1.29 is 8.42 Å². The minimum atomic E-state index is -3.60. The molecule has 14 heavy (non-hydrogen) atoms. The van der Waals surface area contributed by atoms with E-state index >= 15 is 0 Å². The highest BCUT2D eigenvalue weighted by atomic mass is 32.2. The minimum absolute atomic E-state index is 0.214. The van der Waals surface area contributed by atoms with E-state index < -0.39 is 10.0 Å². The van der Waals surface area contributed by atoms with Gasteiger partial charge in [0.1, 0.15) is 0 Å². The van der Waals surface area contributed by atoms with Gasteiger partial charge in [-0.2, -0.15) is 0 Å². The van der Waals surface area contributed by atoms with E-state index in [4.69, 9.17) is 5.14 Å². The lowest BCUT2D eigenvalue weighted by Crippen LogP contribution is -2.14. The van der Waals surface area contributed by atoms with Crippen LogP contribution in [0.15, 0.2) is 17.0 Å². The quantitative estimate of drug-likeness (QED) is 0.716. The van der Waals surface area contributed by atoms with E-state index in [1.165, 1.54) is 0 Å². The van der Waals surface area contributed by atoms with Gasteiger partial charge in [0.05, 0.1) is 4.90 Å². The summed E-state index contributed by atoms with van der Waals surface area (Å²) < 4.78 is 22.4. The predicted molar refractivity (Wildman–Crippen MR) is 54.7 cm³/mol. The molecule has 2 rings (SSSR count). The Morgan fingerprint density at radius 1 is 1.43 bits per heavy atom. The van der Waals surface area contributed by atoms with Crippen LogP contribution in [0, 0.1) is 6.92 Å². The van der Waals surface area contributed by atoms with Crippen LogP contribution in [0.25, 0.3) is 0 Å². The summed E-state index contributed by atoms with van der Waals surface area (Å²) >= 11 is 0. The van der Waals surface area contributed by atoms with Crippen molar-refractivity contribution in [1.82, 2.24) is 0 Å². The molecule has 1 heterocycles. The normalized spacial score (nSPS) is 15.0. The van der Waals surface area contributed by atoms with Crippen LogP contribution in [0.2, 0.25) is 0 Å². The third kappa shape index (κ3) is 1.38. The molecule has 0 aliphatic carbocycles. The second-order valence-electron chi connectivity index (χ2n) is 3.44. The smallest absolute Gasteiger partial charge is 0.238 e. The maximum absolute atomic E-state index is 11.2. The number of sulfonamides is 1. The van der Waals surface area contributed by atoms with Crippen molar-refractivity contribution in [1.29, 1.82) is 0 Å². The summed E-state index contributed by atoms with van der Waals surface area (Å²) in [4.78, 5) is 0.214. The summed E-state index contributed by atoms with van der Waals surface area (Å²) in [5.41, 5.74) is 2.81. The Bertz CT molecular complexity index is 480. The van der Waals surface area contributed by atoms with Gasteiger partial charge in [0, 0.05) is 12.2 Å². The van der Waals surface area contributed by atoms with Crippen LogP contribution < -0.4 is 10.5 Å². The van der Waals surface area contributed by atoms with Gasteiger partial charge in [0.2, 0.25) is 10.0 Å². The SMILES string of the molecule is Cc1c(S(N)(=O)=O)ccc2c1NCC2. The molecule has 4 nitrogen and oxygen atoms in total. The molecule has 5 heteroatoms. The summed E-state index contributed by atoms with van der Waals surface area (Å²) in [6, 6.07) is 3.40. The van der Waals surface area contributed by atoms with Crippen LogP contribution in [-0.4, -0.2) is 15.0 Å². The molecule has 76 valence electrons. The van der Waals surface area contributed by atoms with Crippen LogP contribution in [0.4, 0.5) is 5.69 Å². The van der Waals surface area contributed by atoms with E-state index in [0.29, 0.717) is 0 Å². The Labute approximate surface area is 83.2 Å². The summed E-state index contributed by atoms with van der Waals surface area (Å²) in [6.45, 7) is 2.64. The zero-order chi connectivity index (χ0) is 10.3. The van der Waals surface area contributed by atoms with Gasteiger partial charge >= 0.3 is 0 Å². The molecule has 3 N–H and O–H groups in total. The molecule has 0 atom stereocenters. The molecule has 0 saturated carbocycles. The summed E-state index contributed by atoms with van der Waals surface area (Å²) in [7, 11) is -3.60. The Morgan fingerprint density at radius 3 is 2.79 bits per heavy atom. The maximum Gasteiger partial charge on any atom is 0.238 e. The number of benzene rings is 1. The number of rotatable bonds is 1. The summed E-state index contributed by atoms with van der Waals surface area (Å²) in [6.07, 6.45) is 0.946. The first-order valence-corrected chi connectivity index (χ1v) is 5.94. The van der Waals surface area contributed by atoms with E-state index in [2.05, 4.69) is 5.32 Å². The topological polar surface area (TPSA) is 72.2 Å². The van der Waals surface area contributed by atoms with Gasteiger partial charge in [-0.15, -0.1) is 0 Å². The van der Waals surface area contributed by atoms with Gasteiger partial charge in [-0.1, -0.05) is 6.07 Å². The van der Waals surface area contributed by atoms with Crippen molar-refractivity contribution in [2.45, 2.75) is 18.2 Å². The molecule has 1 aromatic carbocycles. The Hall–Kier alpha value is -1.07. The van der Waals surface area contributed by atoms with E-state index in [-0.39, 0.29) is 4.90 Å². The average Bonchev–Trinajstić information content (AvgIpc) is 2.50. The zero-order valence-electron chi connectivity index (χ0n) is 7.87. The molecule has 0 amide bonds. The largest absolute Gasteiger partial charge is 0.384 e. The highest BCUT2D eigenvalue weighted by Crippen LogP contribution is 2.30. The van der Waals surface area contributed by atoms with Crippen LogP contribution in [0.1, 0.15) is 11.1 Å². The molecule has 1 aliphatic heterocycles. The first kappa shape index (κ1) is 9.48. The lowest BCUT2D eigenvalue weighted by atomic mass is 10.1. The van der Waals surface area contributed by atoms with Crippen LogP contribution in [-0.2, 0) is 16.4 Å². The number of hydrogen-bond acceptors (Lipinski definition) is 3. The number of fused-ring (bicyclic) bond motifs is 1. The minimum Gasteiger partial charge on any atom is -0.384 e. The van der Waals surface area contributed by atoms with Gasteiger partial charge < -0.3 is 5.32 Å². The monoisotopic (exact) mass is 212 g/mol. The highest BCUT2D eigenvalue weighted by molar-refractivity contribution is 7.89. The zero-order valence-corrected chi connectivity index (χ0v) is 8.69. The maximum atomic E-state index is 11.2. The van der Waals surface area contributed by atoms with E-state index in [9.17, 15) is 8.42 Å². The molecule has 0 spiro atoms. The van der Waals surface area contributed by atoms with Crippen molar-refractivity contribution in [3.05, 3.63) is 23.3 Å². The van der Waals surface area contributed by atoms with Crippen LogP contribution in [0.3, 0.4) is 0 Å². The van der Waals surface area contributed by atoms with Crippen molar-refractivity contribution in [3.63, 3.8) is 0 Å². The third-order valence-electron chi connectivity index (χ3n) is 2.50. The molecule has 1 aromatic rings. The number of anilines is 1. The second-order valence-corrected chi connectivity index (χ2v) is 4.97. The van der Waals surface area contributed by atoms with Gasteiger partial charge in [-0.3, -0.25) is 0 Å². The number of nitrogens with two attached hydrogens (primary N) is 1. The summed E-state index contributed by atoms with van der Waals surface area (Å²) in [5.74, 6) is 0. The van der Waals surface area contributed by atoms with Crippen LogP contribution in [0.5, 0.6) is 0 Å². The summed E-state index contributed by atoms with van der Waals surface area (Å²) in [5, 5.41) is 8.26. The van der Waals surface area contributed by atoms with Crippen molar-refractivity contribution >= 4 is 15.7 Å². The van der Waals surface area contributed by atoms with Gasteiger partial charge in [0.25, 0.3) is 0 Å². The fraction of sp³-hybridized carbons (Fsp3) is 0.333. The Morgan fingerprint density at radius 2 is 2.14 bits per heavy atom. The van der Waals surface area contributed by atoms with E-state index in [0.717, 1.165) is 29.8 Å². The van der Waals surface area contributed by atoms with Crippen molar-refractivity contribution in [3.8, 4) is 0 Å². The number of primary sulfonamides is 1. The lowest BCUT2D eigenvalue weighted by molar-refractivity contribution is 0.597. The average molecular weight is 212 g/mol. The molecule has 1 aliphatic rings. The van der Waals surface area contributed by atoms with Crippen LogP contribution >= 0.6 is 0 Å². The molecule has 0 saturated heterocycles. The Kier molecular flexibility index (Phi) is 2.01. The van der Waals surface area contributed by atoms with Crippen molar-refractivity contribution in [2.75, 3.05) is 11.9 Å². The molecule has 0 aromatic heterocycles. The molecule has 0 bridgehead atoms. The second kappa shape index (κ2) is 2.96. The van der Waals surface area contributed by atoms with E-state index in [1.54, 1.807) is 13.0 Å². The number of nitrogens with one attached hydrogen (secondary N) is 1. The molecule has 0 unspecified atom stereocenters. The van der Waals surface area contributed by atoms with Crippen molar-refractivity contribution in [2.24, 2.45) is 5.14 Å². The third-order valence-corrected chi connectivity index (χ3v) is 3.56. The first-order valence-electron chi connectivity index (χ1n) is 4.39. The van der Waals surface area contributed by atoms with E-state index in [1.807, 2.05) is 6.07 Å². The van der Waals surface area contributed by atoms with Gasteiger partial charge in [-0.05, 0) is 30.5 Å².